The van der Waals surface area contributed by atoms with Crippen LogP contribution in [0.3, 0.4) is 0 Å². The number of amides is 1. The van der Waals surface area contributed by atoms with Crippen molar-refractivity contribution in [3.8, 4) is 28.0 Å². The van der Waals surface area contributed by atoms with Gasteiger partial charge in [-0.05, 0) is 41.0 Å². The Bertz CT molecular complexity index is 1380. The molecule has 0 spiro atoms. The third-order valence-electron chi connectivity index (χ3n) is 5.93. The van der Waals surface area contributed by atoms with E-state index in [1.807, 2.05) is 48.5 Å². The second-order valence-electron chi connectivity index (χ2n) is 8.19. The Kier molecular flexibility index (Phi) is 7.73. The van der Waals surface area contributed by atoms with Gasteiger partial charge >= 0.3 is 5.97 Å². The number of aliphatic hydroxyl groups is 1. The highest BCUT2D eigenvalue weighted by molar-refractivity contribution is 6.34. The van der Waals surface area contributed by atoms with Gasteiger partial charge in [-0.15, -0.1) is 0 Å². The van der Waals surface area contributed by atoms with E-state index in [9.17, 15) is 19.8 Å². The summed E-state index contributed by atoms with van der Waals surface area (Å²) in [5.74, 6) is -0.987. The van der Waals surface area contributed by atoms with Gasteiger partial charge in [-0.25, -0.2) is 4.79 Å². The Morgan fingerprint density at radius 1 is 1.00 bits per heavy atom. The number of carboxylic acids is 1. The Hall–Kier alpha value is -4.07. The molecular weight excluding hydrogens is 480 g/mol. The van der Waals surface area contributed by atoms with Gasteiger partial charge in [-0.2, -0.15) is 0 Å². The topological polar surface area (TPSA) is 112 Å². The normalized spacial score (nSPS) is 11.6. The van der Waals surface area contributed by atoms with E-state index in [0.29, 0.717) is 5.69 Å². The first-order chi connectivity index (χ1) is 17.4. The molecule has 4 N–H and O–H groups in total. The monoisotopic (exact) mass is 504 g/mol. The van der Waals surface area contributed by atoms with Gasteiger partial charge in [-0.3, -0.25) is 4.79 Å². The number of ether oxygens (including phenoxy) is 1. The van der Waals surface area contributed by atoms with E-state index in [-0.39, 0.29) is 23.6 Å². The SMILES string of the molecule is COc1ccccc1-c1ccc(C[C@H](NC(=O)c2ccc(-c3cc[nH]c3CO)cc2Cl)C(=O)O)cc1. The van der Waals surface area contributed by atoms with Crippen LogP contribution in [-0.4, -0.2) is 40.2 Å². The predicted molar refractivity (Wildman–Crippen MR) is 138 cm³/mol. The van der Waals surface area contributed by atoms with Gasteiger partial charge in [0.05, 0.1) is 24.3 Å². The number of carbonyl (C=O) groups is 2. The summed E-state index contributed by atoms with van der Waals surface area (Å²) in [4.78, 5) is 27.7. The predicted octanol–water partition coefficient (Wildman–Crippen LogP) is 4.93. The number of aliphatic carboxylic acids is 1. The van der Waals surface area contributed by atoms with Crippen LogP contribution in [0.4, 0.5) is 0 Å². The maximum Gasteiger partial charge on any atom is 0.326 e. The molecule has 0 unspecified atom stereocenters. The number of aromatic amines is 1. The van der Waals surface area contributed by atoms with Crippen molar-refractivity contribution in [2.24, 2.45) is 0 Å². The van der Waals surface area contributed by atoms with E-state index >= 15 is 0 Å². The van der Waals surface area contributed by atoms with E-state index in [4.69, 9.17) is 16.3 Å². The van der Waals surface area contributed by atoms with Gasteiger partial charge in [-0.1, -0.05) is 60.1 Å². The second kappa shape index (κ2) is 11.1. The molecule has 184 valence electrons. The van der Waals surface area contributed by atoms with Crippen LogP contribution in [0.15, 0.2) is 79.0 Å². The minimum atomic E-state index is -1.15. The number of hydrogen-bond acceptors (Lipinski definition) is 4. The fourth-order valence-electron chi connectivity index (χ4n) is 4.05. The lowest BCUT2D eigenvalue weighted by molar-refractivity contribution is -0.139. The molecule has 0 saturated carbocycles. The molecule has 1 atom stereocenters. The molecule has 4 aromatic rings. The number of aromatic nitrogens is 1. The zero-order valence-electron chi connectivity index (χ0n) is 19.5. The van der Waals surface area contributed by atoms with Crippen LogP contribution in [0.5, 0.6) is 5.75 Å². The smallest absolute Gasteiger partial charge is 0.326 e. The molecule has 0 bridgehead atoms. The molecule has 1 heterocycles. The quantitative estimate of drug-likeness (QED) is 0.258. The zero-order valence-corrected chi connectivity index (χ0v) is 20.3. The summed E-state index contributed by atoms with van der Waals surface area (Å²) in [5, 5.41) is 22.0. The Morgan fingerprint density at radius 2 is 1.72 bits per heavy atom. The number of benzene rings is 3. The average molecular weight is 505 g/mol. The molecule has 0 saturated heterocycles. The van der Waals surface area contributed by atoms with Crippen molar-refractivity contribution < 1.29 is 24.5 Å². The molecule has 3 aromatic carbocycles. The maximum atomic E-state index is 12.9. The average Bonchev–Trinajstić information content (AvgIpc) is 3.37. The first kappa shape index (κ1) is 25.0. The number of rotatable bonds is 9. The first-order valence-electron chi connectivity index (χ1n) is 11.2. The minimum absolute atomic E-state index is 0.103. The highest BCUT2D eigenvalue weighted by Gasteiger charge is 2.23. The van der Waals surface area contributed by atoms with Gasteiger partial charge in [0.15, 0.2) is 0 Å². The summed E-state index contributed by atoms with van der Waals surface area (Å²) in [7, 11) is 1.61. The second-order valence-corrected chi connectivity index (χ2v) is 8.60. The van der Waals surface area contributed by atoms with Crippen LogP contribution in [0.2, 0.25) is 5.02 Å². The van der Waals surface area contributed by atoms with Crippen LogP contribution in [-0.2, 0) is 17.8 Å². The molecule has 0 radical (unpaired) electrons. The summed E-state index contributed by atoms with van der Waals surface area (Å²) in [5.41, 5.74) is 4.92. The van der Waals surface area contributed by atoms with Gasteiger partial charge in [0.2, 0.25) is 0 Å². The Morgan fingerprint density at radius 3 is 2.39 bits per heavy atom. The van der Waals surface area contributed by atoms with Crippen LogP contribution < -0.4 is 10.1 Å². The van der Waals surface area contributed by atoms with Crippen LogP contribution in [0.1, 0.15) is 21.6 Å². The minimum Gasteiger partial charge on any atom is -0.496 e. The van der Waals surface area contributed by atoms with Gasteiger partial charge in [0.25, 0.3) is 5.91 Å². The first-order valence-corrected chi connectivity index (χ1v) is 11.6. The highest BCUT2D eigenvalue weighted by atomic mass is 35.5. The van der Waals surface area contributed by atoms with Crippen molar-refractivity contribution in [3.63, 3.8) is 0 Å². The zero-order chi connectivity index (χ0) is 25.7. The number of methoxy groups -OCH3 is 1. The Labute approximate surface area is 213 Å². The number of aliphatic hydroxyl groups excluding tert-OH is 1. The summed E-state index contributed by atoms with van der Waals surface area (Å²) in [6.45, 7) is -0.164. The van der Waals surface area contributed by atoms with Gasteiger partial charge in [0.1, 0.15) is 11.8 Å². The molecule has 1 aromatic heterocycles. The van der Waals surface area contributed by atoms with Crippen molar-refractivity contribution in [2.75, 3.05) is 7.11 Å². The van der Waals surface area contributed by atoms with Crippen molar-refractivity contribution >= 4 is 23.5 Å². The molecular formula is C28H25ClN2O5. The molecule has 36 heavy (non-hydrogen) atoms. The number of hydrogen-bond donors (Lipinski definition) is 4. The summed E-state index contributed by atoms with van der Waals surface area (Å²) >= 11 is 6.37. The van der Waals surface area contributed by atoms with E-state index in [1.54, 1.807) is 37.6 Å². The van der Waals surface area contributed by atoms with E-state index in [0.717, 1.165) is 33.6 Å². The van der Waals surface area contributed by atoms with Crippen molar-refractivity contribution in [3.05, 3.63) is 101 Å². The van der Waals surface area contributed by atoms with E-state index in [1.165, 1.54) is 0 Å². The van der Waals surface area contributed by atoms with Crippen LogP contribution in [0, 0.1) is 0 Å². The molecule has 0 aliphatic carbocycles. The lowest BCUT2D eigenvalue weighted by Gasteiger charge is -2.16. The summed E-state index contributed by atoms with van der Waals surface area (Å²) in [6.07, 6.45) is 1.81. The number of nitrogens with one attached hydrogen (secondary N) is 2. The van der Waals surface area contributed by atoms with E-state index < -0.39 is 17.9 Å². The summed E-state index contributed by atoms with van der Waals surface area (Å²) < 4.78 is 5.41. The molecule has 0 fully saturated rings. The van der Waals surface area contributed by atoms with Gasteiger partial charge < -0.3 is 25.3 Å². The van der Waals surface area contributed by atoms with Crippen LogP contribution >= 0.6 is 11.6 Å². The molecule has 8 heteroatoms. The van der Waals surface area contributed by atoms with Gasteiger partial charge in [0, 0.05) is 29.4 Å². The molecule has 0 aliphatic heterocycles. The molecule has 7 nitrogen and oxygen atoms in total. The lowest BCUT2D eigenvalue weighted by Crippen LogP contribution is -2.42. The van der Waals surface area contributed by atoms with Crippen molar-refractivity contribution in [2.45, 2.75) is 19.1 Å². The number of carbonyl (C=O) groups excluding carboxylic acids is 1. The number of para-hydroxylation sites is 1. The van der Waals surface area contributed by atoms with Crippen molar-refractivity contribution in [1.29, 1.82) is 0 Å². The van der Waals surface area contributed by atoms with Crippen molar-refractivity contribution in [1.82, 2.24) is 10.3 Å². The molecule has 0 aliphatic rings. The maximum absolute atomic E-state index is 12.9. The number of H-pyrrole nitrogens is 1. The lowest BCUT2D eigenvalue weighted by atomic mass is 9.99. The van der Waals surface area contributed by atoms with Crippen LogP contribution in [0.25, 0.3) is 22.3 Å². The highest BCUT2D eigenvalue weighted by Crippen LogP contribution is 2.30. The molecule has 1 amide bonds. The standard InChI is InChI=1S/C28H25ClN2O5/c1-36-26-5-3-2-4-21(26)18-8-6-17(7-9-18)14-24(28(34)35)31-27(33)22-11-10-19(15-23(22)29)20-12-13-30-25(20)16-32/h2-13,15,24,30,32H,14,16H2,1H3,(H,31,33)(H,34,35)/t24-/m0/s1. The summed E-state index contributed by atoms with van der Waals surface area (Å²) in [6, 6.07) is 20.6. The fourth-order valence-corrected chi connectivity index (χ4v) is 4.31. The largest absolute Gasteiger partial charge is 0.496 e. The molecule has 4 rings (SSSR count). The Balaban J connectivity index is 1.48. The van der Waals surface area contributed by atoms with E-state index in [2.05, 4.69) is 10.3 Å². The fraction of sp³-hybridized carbons (Fsp3) is 0.143. The number of carboxylic acid groups (broad SMARTS) is 1. The third-order valence-corrected chi connectivity index (χ3v) is 6.24. The number of halogens is 1. The third kappa shape index (κ3) is 5.43.